The summed E-state index contributed by atoms with van der Waals surface area (Å²) in [6.07, 6.45) is 0.266. The van der Waals surface area contributed by atoms with Crippen LogP contribution in [0.2, 0.25) is 10.0 Å². The summed E-state index contributed by atoms with van der Waals surface area (Å²) in [5.74, 6) is -0.0830. The Bertz CT molecular complexity index is 616. The highest BCUT2D eigenvalue weighted by Gasteiger charge is 2.06. The number of hydrogen-bond donors (Lipinski definition) is 1. The van der Waals surface area contributed by atoms with E-state index in [-0.39, 0.29) is 12.3 Å². The number of rotatable bonds is 3. The van der Waals surface area contributed by atoms with Crippen molar-refractivity contribution in [3.63, 3.8) is 0 Å². The maximum Gasteiger partial charge on any atom is 0.228 e. The third-order valence-corrected chi connectivity index (χ3v) is 3.87. The van der Waals surface area contributed by atoms with E-state index in [9.17, 15) is 4.79 Å². The quantitative estimate of drug-likeness (QED) is 0.731. The number of halogens is 3. The second kappa shape index (κ2) is 6.59. The number of carbonyl (C=O) groups excluding carboxylic acids is 1. The molecule has 5 heteroatoms. The molecule has 0 aliphatic carbocycles. The first-order chi connectivity index (χ1) is 9.04. The van der Waals surface area contributed by atoms with Crippen LogP contribution in [0, 0.1) is 3.57 Å². The van der Waals surface area contributed by atoms with Crippen molar-refractivity contribution < 1.29 is 4.79 Å². The minimum Gasteiger partial charge on any atom is -0.326 e. The maximum atomic E-state index is 11.9. The SMILES string of the molecule is O=C(Cc1ccc(Cl)c(Cl)c1)Nc1cccc(I)c1. The van der Waals surface area contributed by atoms with Gasteiger partial charge in [0, 0.05) is 9.26 Å². The molecule has 0 spiro atoms. The van der Waals surface area contributed by atoms with Gasteiger partial charge in [-0.2, -0.15) is 0 Å². The van der Waals surface area contributed by atoms with Crippen LogP contribution in [0.5, 0.6) is 0 Å². The molecule has 2 aromatic carbocycles. The van der Waals surface area contributed by atoms with Gasteiger partial charge in [0.1, 0.15) is 0 Å². The van der Waals surface area contributed by atoms with Crippen molar-refractivity contribution in [2.75, 3.05) is 5.32 Å². The van der Waals surface area contributed by atoms with Crippen LogP contribution in [-0.4, -0.2) is 5.91 Å². The normalized spacial score (nSPS) is 10.3. The Labute approximate surface area is 135 Å². The monoisotopic (exact) mass is 405 g/mol. The molecule has 2 rings (SSSR count). The van der Waals surface area contributed by atoms with E-state index in [1.165, 1.54) is 0 Å². The molecule has 0 radical (unpaired) electrons. The van der Waals surface area contributed by atoms with Crippen molar-refractivity contribution in [1.29, 1.82) is 0 Å². The highest BCUT2D eigenvalue weighted by molar-refractivity contribution is 14.1. The molecule has 0 unspecified atom stereocenters. The Kier molecular flexibility index (Phi) is 5.07. The molecule has 0 saturated carbocycles. The van der Waals surface area contributed by atoms with Crippen molar-refractivity contribution in [2.24, 2.45) is 0 Å². The number of hydrogen-bond acceptors (Lipinski definition) is 1. The molecule has 0 aromatic heterocycles. The predicted molar refractivity (Wildman–Crippen MR) is 88.0 cm³/mol. The van der Waals surface area contributed by atoms with Gasteiger partial charge in [-0.25, -0.2) is 0 Å². The number of nitrogens with one attached hydrogen (secondary N) is 1. The fourth-order valence-corrected chi connectivity index (χ4v) is 2.47. The Morgan fingerprint density at radius 3 is 2.58 bits per heavy atom. The van der Waals surface area contributed by atoms with Crippen molar-refractivity contribution in [3.05, 3.63) is 61.6 Å². The van der Waals surface area contributed by atoms with Gasteiger partial charge < -0.3 is 5.32 Å². The number of amides is 1. The summed E-state index contributed by atoms with van der Waals surface area (Å²) in [6.45, 7) is 0. The predicted octanol–water partition coefficient (Wildman–Crippen LogP) is 4.78. The molecule has 0 bridgehead atoms. The molecule has 1 N–H and O–H groups in total. The van der Waals surface area contributed by atoms with Gasteiger partial charge in [0.25, 0.3) is 0 Å². The van der Waals surface area contributed by atoms with Gasteiger partial charge in [0.05, 0.1) is 16.5 Å². The summed E-state index contributed by atoms with van der Waals surface area (Å²) in [5.41, 5.74) is 1.62. The summed E-state index contributed by atoms with van der Waals surface area (Å²) in [4.78, 5) is 11.9. The molecule has 98 valence electrons. The summed E-state index contributed by atoms with van der Waals surface area (Å²) in [6, 6.07) is 12.8. The zero-order valence-electron chi connectivity index (χ0n) is 9.79. The van der Waals surface area contributed by atoms with Gasteiger partial charge in [0.15, 0.2) is 0 Å². The molecule has 0 aliphatic heterocycles. The summed E-state index contributed by atoms with van der Waals surface area (Å²) < 4.78 is 1.07. The molecular formula is C14H10Cl2INO. The van der Waals surface area contributed by atoms with E-state index in [0.717, 1.165) is 14.8 Å². The van der Waals surface area contributed by atoms with Crippen LogP contribution in [0.3, 0.4) is 0 Å². The molecule has 0 saturated heterocycles. The lowest BCUT2D eigenvalue weighted by Gasteiger charge is -2.06. The van der Waals surface area contributed by atoms with E-state index in [1.807, 2.05) is 24.3 Å². The highest BCUT2D eigenvalue weighted by atomic mass is 127. The van der Waals surface area contributed by atoms with Gasteiger partial charge in [0.2, 0.25) is 5.91 Å². The fourth-order valence-electron chi connectivity index (χ4n) is 1.61. The fraction of sp³-hybridized carbons (Fsp3) is 0.0714. The zero-order valence-corrected chi connectivity index (χ0v) is 13.5. The average molecular weight is 406 g/mol. The van der Waals surface area contributed by atoms with Crippen LogP contribution in [0.1, 0.15) is 5.56 Å². The molecule has 0 aliphatic rings. The van der Waals surface area contributed by atoms with E-state index in [4.69, 9.17) is 23.2 Å². The van der Waals surface area contributed by atoms with Crippen molar-refractivity contribution in [2.45, 2.75) is 6.42 Å². The molecule has 2 aromatic rings. The lowest BCUT2D eigenvalue weighted by molar-refractivity contribution is -0.115. The van der Waals surface area contributed by atoms with Gasteiger partial charge in [-0.3, -0.25) is 4.79 Å². The van der Waals surface area contributed by atoms with Gasteiger partial charge in [-0.1, -0.05) is 35.3 Å². The lowest BCUT2D eigenvalue weighted by atomic mass is 10.1. The Balaban J connectivity index is 2.03. The van der Waals surface area contributed by atoms with E-state index in [1.54, 1.807) is 18.2 Å². The third kappa shape index (κ3) is 4.37. The first kappa shape index (κ1) is 14.6. The molecule has 19 heavy (non-hydrogen) atoms. The van der Waals surface area contributed by atoms with E-state index >= 15 is 0 Å². The second-order valence-corrected chi connectivity index (χ2v) is 6.04. The first-order valence-electron chi connectivity index (χ1n) is 5.54. The van der Waals surface area contributed by atoms with Gasteiger partial charge in [-0.05, 0) is 58.5 Å². The third-order valence-electron chi connectivity index (χ3n) is 2.46. The Hall–Kier alpha value is -0.780. The summed E-state index contributed by atoms with van der Waals surface area (Å²) in [7, 11) is 0. The van der Waals surface area contributed by atoms with Crippen LogP contribution >= 0.6 is 45.8 Å². The zero-order chi connectivity index (χ0) is 13.8. The largest absolute Gasteiger partial charge is 0.326 e. The smallest absolute Gasteiger partial charge is 0.228 e. The molecule has 0 atom stereocenters. The second-order valence-electron chi connectivity index (χ2n) is 3.98. The van der Waals surface area contributed by atoms with E-state index in [0.29, 0.717) is 10.0 Å². The Morgan fingerprint density at radius 2 is 1.89 bits per heavy atom. The Morgan fingerprint density at radius 1 is 1.11 bits per heavy atom. The molecule has 1 amide bonds. The maximum absolute atomic E-state index is 11.9. The van der Waals surface area contributed by atoms with Crippen LogP contribution in [0.25, 0.3) is 0 Å². The van der Waals surface area contributed by atoms with Crippen LogP contribution in [-0.2, 0) is 11.2 Å². The average Bonchev–Trinajstić information content (AvgIpc) is 2.34. The molecule has 2 nitrogen and oxygen atoms in total. The standard InChI is InChI=1S/C14H10Cl2INO/c15-12-5-4-9(6-13(12)16)7-14(19)18-11-3-1-2-10(17)8-11/h1-6,8H,7H2,(H,18,19). The van der Waals surface area contributed by atoms with Crippen LogP contribution < -0.4 is 5.32 Å². The van der Waals surface area contributed by atoms with Crippen LogP contribution in [0.15, 0.2) is 42.5 Å². The number of benzene rings is 2. The molecular weight excluding hydrogens is 396 g/mol. The van der Waals surface area contributed by atoms with Gasteiger partial charge >= 0.3 is 0 Å². The minimum absolute atomic E-state index is 0.0830. The van der Waals surface area contributed by atoms with Crippen LogP contribution in [0.4, 0.5) is 5.69 Å². The topological polar surface area (TPSA) is 29.1 Å². The summed E-state index contributed by atoms with van der Waals surface area (Å²) >= 11 is 13.9. The van der Waals surface area contributed by atoms with Crippen molar-refractivity contribution >= 4 is 57.4 Å². The van der Waals surface area contributed by atoms with Crippen molar-refractivity contribution in [1.82, 2.24) is 0 Å². The van der Waals surface area contributed by atoms with E-state index < -0.39 is 0 Å². The minimum atomic E-state index is -0.0830. The van der Waals surface area contributed by atoms with Crippen molar-refractivity contribution in [3.8, 4) is 0 Å². The lowest BCUT2D eigenvalue weighted by Crippen LogP contribution is -2.14. The summed E-state index contributed by atoms with van der Waals surface area (Å²) in [5, 5.41) is 3.79. The van der Waals surface area contributed by atoms with Gasteiger partial charge in [-0.15, -0.1) is 0 Å². The number of carbonyl (C=O) groups is 1. The number of anilines is 1. The van der Waals surface area contributed by atoms with E-state index in [2.05, 4.69) is 27.9 Å². The first-order valence-corrected chi connectivity index (χ1v) is 7.37. The highest BCUT2D eigenvalue weighted by Crippen LogP contribution is 2.23. The molecule has 0 fully saturated rings. The molecule has 0 heterocycles.